The molecule has 1 aromatic carbocycles. The molecule has 0 radical (unpaired) electrons. The third kappa shape index (κ3) is 14.9. The quantitative estimate of drug-likeness (QED) is 0.0907. The topological polar surface area (TPSA) is 80.3 Å². The zero-order valence-electron chi connectivity index (χ0n) is 30.5. The molecule has 268 valence electrons. The normalized spacial score (nSPS) is 16.6. The van der Waals surface area contributed by atoms with Gasteiger partial charge in [-0.3, -0.25) is 9.59 Å². The van der Waals surface area contributed by atoms with E-state index < -0.39 is 0 Å². The number of rotatable bonds is 22. The molecule has 0 N–H and O–H groups in total. The van der Waals surface area contributed by atoms with Gasteiger partial charge in [-0.05, 0) is 85.8 Å². The van der Waals surface area contributed by atoms with E-state index in [0.717, 1.165) is 70.0 Å². The van der Waals surface area contributed by atoms with Gasteiger partial charge in [0.15, 0.2) is 0 Å². The highest BCUT2D eigenvalue weighted by molar-refractivity contribution is 5.69. The SMILES string of the molecule is CCCCOc1cc(C(C)(C)CCCC(=O)OCCOC2CCCCC2)ccc1C(C)(C)CCCC(=O)OCCOC1CCCCC1. The highest BCUT2D eigenvalue weighted by Crippen LogP contribution is 2.40. The molecule has 7 nitrogen and oxygen atoms in total. The summed E-state index contributed by atoms with van der Waals surface area (Å²) in [5, 5.41) is 0. The van der Waals surface area contributed by atoms with Crippen LogP contribution < -0.4 is 4.74 Å². The van der Waals surface area contributed by atoms with E-state index in [4.69, 9.17) is 23.7 Å². The molecular weight excluding hydrogens is 592 g/mol. The van der Waals surface area contributed by atoms with Crippen molar-refractivity contribution in [1.29, 1.82) is 0 Å². The van der Waals surface area contributed by atoms with Gasteiger partial charge in [-0.25, -0.2) is 0 Å². The van der Waals surface area contributed by atoms with Gasteiger partial charge in [0.2, 0.25) is 0 Å². The molecule has 2 fully saturated rings. The molecule has 2 saturated carbocycles. The predicted octanol–water partition coefficient (Wildman–Crippen LogP) is 9.55. The number of benzene rings is 1. The zero-order chi connectivity index (χ0) is 34.0. The lowest BCUT2D eigenvalue weighted by atomic mass is 9.76. The Hall–Kier alpha value is -2.12. The first kappa shape index (κ1) is 39.3. The summed E-state index contributed by atoms with van der Waals surface area (Å²) in [4.78, 5) is 24.8. The summed E-state index contributed by atoms with van der Waals surface area (Å²) in [5.74, 6) is 0.625. The van der Waals surface area contributed by atoms with Crippen molar-refractivity contribution in [1.82, 2.24) is 0 Å². The molecule has 0 spiro atoms. The fourth-order valence-corrected chi connectivity index (χ4v) is 6.93. The molecule has 0 saturated heterocycles. The van der Waals surface area contributed by atoms with Crippen molar-refractivity contribution in [3.63, 3.8) is 0 Å². The van der Waals surface area contributed by atoms with Gasteiger partial charge in [0.25, 0.3) is 0 Å². The van der Waals surface area contributed by atoms with E-state index in [9.17, 15) is 9.59 Å². The predicted molar refractivity (Wildman–Crippen MR) is 188 cm³/mol. The summed E-state index contributed by atoms with van der Waals surface area (Å²) < 4.78 is 29.1. The highest BCUT2D eigenvalue weighted by Gasteiger charge is 2.28. The van der Waals surface area contributed by atoms with Gasteiger partial charge in [-0.15, -0.1) is 0 Å². The fraction of sp³-hybridized carbons (Fsp3) is 0.800. The largest absolute Gasteiger partial charge is 0.493 e. The van der Waals surface area contributed by atoms with Crippen LogP contribution in [0.15, 0.2) is 18.2 Å². The highest BCUT2D eigenvalue weighted by atomic mass is 16.6. The average Bonchev–Trinajstić information content (AvgIpc) is 3.06. The molecule has 47 heavy (non-hydrogen) atoms. The van der Waals surface area contributed by atoms with Crippen LogP contribution in [0.3, 0.4) is 0 Å². The first-order valence-electron chi connectivity index (χ1n) is 18.9. The van der Waals surface area contributed by atoms with Crippen molar-refractivity contribution in [2.24, 2.45) is 0 Å². The molecule has 0 bridgehead atoms. The summed E-state index contributed by atoms with van der Waals surface area (Å²) in [6, 6.07) is 6.62. The number of hydrogen-bond acceptors (Lipinski definition) is 7. The third-order valence-corrected chi connectivity index (χ3v) is 10.1. The molecular formula is C40H66O7. The van der Waals surface area contributed by atoms with Crippen LogP contribution in [0, 0.1) is 0 Å². The van der Waals surface area contributed by atoms with E-state index in [1.165, 1.54) is 49.7 Å². The van der Waals surface area contributed by atoms with Crippen molar-refractivity contribution in [2.75, 3.05) is 33.0 Å². The van der Waals surface area contributed by atoms with Crippen LogP contribution in [-0.4, -0.2) is 57.2 Å². The first-order chi connectivity index (χ1) is 22.6. The van der Waals surface area contributed by atoms with Gasteiger partial charge in [0.1, 0.15) is 19.0 Å². The minimum absolute atomic E-state index is 0.125. The van der Waals surface area contributed by atoms with Crippen LogP contribution in [0.25, 0.3) is 0 Å². The Morgan fingerprint density at radius 1 is 0.660 bits per heavy atom. The zero-order valence-corrected chi connectivity index (χ0v) is 30.5. The van der Waals surface area contributed by atoms with E-state index in [0.29, 0.717) is 58.1 Å². The average molecular weight is 659 g/mol. The fourth-order valence-electron chi connectivity index (χ4n) is 6.93. The molecule has 0 amide bonds. The van der Waals surface area contributed by atoms with Gasteiger partial charge in [0, 0.05) is 12.8 Å². The Balaban J connectivity index is 1.45. The summed E-state index contributed by atoms with van der Waals surface area (Å²) >= 11 is 0. The van der Waals surface area contributed by atoms with Crippen LogP contribution in [0.2, 0.25) is 0 Å². The maximum atomic E-state index is 12.4. The van der Waals surface area contributed by atoms with E-state index >= 15 is 0 Å². The van der Waals surface area contributed by atoms with Crippen molar-refractivity contribution in [2.45, 2.75) is 173 Å². The molecule has 0 heterocycles. The Morgan fingerprint density at radius 2 is 1.17 bits per heavy atom. The second-order valence-electron chi connectivity index (χ2n) is 15.1. The molecule has 0 atom stereocenters. The van der Waals surface area contributed by atoms with Gasteiger partial charge >= 0.3 is 11.9 Å². The van der Waals surface area contributed by atoms with Crippen molar-refractivity contribution >= 4 is 11.9 Å². The molecule has 0 unspecified atom stereocenters. The van der Waals surface area contributed by atoms with Crippen LogP contribution >= 0.6 is 0 Å². The second kappa shape index (κ2) is 21.1. The Labute approximate surface area is 286 Å². The lowest BCUT2D eigenvalue weighted by Crippen LogP contribution is -2.22. The number of carbonyl (C=O) groups is 2. The maximum Gasteiger partial charge on any atom is 0.305 e. The molecule has 0 aliphatic heterocycles. The number of esters is 2. The van der Waals surface area contributed by atoms with Crippen molar-refractivity contribution in [3.8, 4) is 5.75 Å². The van der Waals surface area contributed by atoms with Crippen molar-refractivity contribution < 1.29 is 33.3 Å². The first-order valence-corrected chi connectivity index (χ1v) is 18.9. The summed E-state index contributed by atoms with van der Waals surface area (Å²) in [7, 11) is 0. The van der Waals surface area contributed by atoms with E-state index in [-0.39, 0.29) is 22.8 Å². The summed E-state index contributed by atoms with van der Waals surface area (Å²) in [6.07, 6.45) is 18.8. The van der Waals surface area contributed by atoms with Crippen molar-refractivity contribution in [3.05, 3.63) is 29.3 Å². The molecule has 2 aliphatic carbocycles. The van der Waals surface area contributed by atoms with Crippen LogP contribution in [0.5, 0.6) is 5.75 Å². The van der Waals surface area contributed by atoms with Gasteiger partial charge in [0.05, 0.1) is 32.0 Å². The smallest absolute Gasteiger partial charge is 0.305 e. The standard InChI is InChI=1S/C40H66O7/c1-6-7-26-45-36-31-32(39(2,3)24-14-20-37(41)46-29-27-43-33-16-10-8-11-17-33)22-23-35(36)40(4,5)25-15-21-38(42)47-30-28-44-34-18-12-9-13-19-34/h22-23,31,33-34H,6-21,24-30H2,1-5H3. The van der Waals surface area contributed by atoms with E-state index in [1.54, 1.807) is 0 Å². The number of carbonyl (C=O) groups excluding carboxylic acids is 2. The molecule has 3 rings (SSSR count). The van der Waals surface area contributed by atoms with Gasteiger partial charge in [-0.1, -0.05) is 91.7 Å². The second-order valence-corrected chi connectivity index (χ2v) is 15.1. The monoisotopic (exact) mass is 658 g/mol. The number of hydrogen-bond donors (Lipinski definition) is 0. The Bertz CT molecular complexity index is 1040. The number of unbranched alkanes of at least 4 members (excludes halogenated alkanes) is 1. The maximum absolute atomic E-state index is 12.4. The van der Waals surface area contributed by atoms with Crippen LogP contribution in [0.1, 0.15) is 161 Å². The van der Waals surface area contributed by atoms with Crippen LogP contribution in [0.4, 0.5) is 0 Å². The van der Waals surface area contributed by atoms with Gasteiger partial charge < -0.3 is 23.7 Å². The van der Waals surface area contributed by atoms with Crippen LogP contribution in [-0.2, 0) is 39.4 Å². The Kier molecular flexibility index (Phi) is 17.6. The third-order valence-electron chi connectivity index (χ3n) is 10.1. The number of ether oxygens (including phenoxy) is 5. The lowest BCUT2D eigenvalue weighted by molar-refractivity contribution is -0.147. The van der Waals surface area contributed by atoms with Gasteiger partial charge in [-0.2, -0.15) is 0 Å². The molecule has 0 aromatic heterocycles. The minimum Gasteiger partial charge on any atom is -0.493 e. The van der Waals surface area contributed by atoms with E-state index in [2.05, 4.69) is 52.8 Å². The Morgan fingerprint density at radius 3 is 1.68 bits per heavy atom. The van der Waals surface area contributed by atoms with E-state index in [1.807, 2.05) is 0 Å². The summed E-state index contributed by atoms with van der Waals surface area (Å²) in [6.45, 7) is 13.4. The lowest BCUT2D eigenvalue weighted by Gasteiger charge is -2.31. The molecule has 7 heteroatoms. The minimum atomic E-state index is -0.168. The molecule has 1 aromatic rings. The summed E-state index contributed by atoms with van der Waals surface area (Å²) in [5.41, 5.74) is 2.08. The molecule has 2 aliphatic rings.